The van der Waals surface area contributed by atoms with Gasteiger partial charge in [-0.15, -0.1) is 0 Å². The van der Waals surface area contributed by atoms with Crippen LogP contribution in [0.15, 0.2) is 18.6 Å². The van der Waals surface area contributed by atoms with Gasteiger partial charge in [0.15, 0.2) is 9.84 Å². The molecule has 0 spiro atoms. The Hall–Kier alpha value is -1.63. The molecule has 2 aromatic rings. The SMILES string of the molecule is CN(c1ncnc2[nH]ccc12)C1CCC(CS(=O)(=O)C2CCCCCCCC3CC3C2)CC1. The van der Waals surface area contributed by atoms with Crippen molar-refractivity contribution in [3.8, 4) is 0 Å². The van der Waals surface area contributed by atoms with Crippen molar-refractivity contribution in [2.24, 2.45) is 17.8 Å². The molecule has 3 aliphatic carbocycles. The molecule has 0 radical (unpaired) electrons. The first-order valence-electron chi connectivity index (χ1n) is 13.2. The number of fused-ring (bicyclic) bond motifs is 2. The summed E-state index contributed by atoms with van der Waals surface area (Å²) in [5.74, 6) is 3.19. The molecule has 5 rings (SSSR count). The van der Waals surface area contributed by atoms with Crippen LogP contribution in [0.1, 0.15) is 83.5 Å². The highest BCUT2D eigenvalue weighted by atomic mass is 32.2. The van der Waals surface area contributed by atoms with Gasteiger partial charge >= 0.3 is 0 Å². The summed E-state index contributed by atoms with van der Waals surface area (Å²) in [7, 11) is -0.902. The molecule has 0 saturated heterocycles. The van der Waals surface area contributed by atoms with Gasteiger partial charge in [-0.3, -0.25) is 0 Å². The summed E-state index contributed by atoms with van der Waals surface area (Å²) in [6, 6.07) is 2.44. The van der Waals surface area contributed by atoms with Crippen molar-refractivity contribution in [2.45, 2.75) is 94.8 Å². The number of rotatable bonds is 5. The van der Waals surface area contributed by atoms with Crippen LogP contribution in [0.25, 0.3) is 11.0 Å². The summed E-state index contributed by atoms with van der Waals surface area (Å²) in [5, 5.41) is 0.962. The van der Waals surface area contributed by atoms with Crippen molar-refractivity contribution in [1.29, 1.82) is 0 Å². The highest BCUT2D eigenvalue weighted by Gasteiger charge is 2.41. The first-order valence-corrected chi connectivity index (χ1v) is 15.0. The zero-order valence-corrected chi connectivity index (χ0v) is 20.9. The molecule has 3 fully saturated rings. The minimum Gasteiger partial charge on any atom is -0.356 e. The van der Waals surface area contributed by atoms with Crippen molar-refractivity contribution >= 4 is 26.7 Å². The second-order valence-electron chi connectivity index (χ2n) is 11.0. The molecule has 3 aliphatic rings. The van der Waals surface area contributed by atoms with E-state index >= 15 is 0 Å². The monoisotopic (exact) mass is 472 g/mol. The first-order chi connectivity index (χ1) is 16.0. The lowest BCUT2D eigenvalue weighted by molar-refractivity contribution is 0.339. The molecule has 182 valence electrons. The molecule has 0 aromatic carbocycles. The van der Waals surface area contributed by atoms with E-state index in [9.17, 15) is 8.42 Å². The van der Waals surface area contributed by atoms with Crippen LogP contribution >= 0.6 is 0 Å². The quantitative estimate of drug-likeness (QED) is 0.621. The van der Waals surface area contributed by atoms with E-state index in [4.69, 9.17) is 0 Å². The maximum absolute atomic E-state index is 13.5. The van der Waals surface area contributed by atoms with Crippen LogP contribution in [-0.2, 0) is 9.84 Å². The topological polar surface area (TPSA) is 79.0 Å². The van der Waals surface area contributed by atoms with Gasteiger partial charge in [-0.2, -0.15) is 0 Å². The smallest absolute Gasteiger partial charge is 0.153 e. The Kier molecular flexibility index (Phi) is 6.96. The molecule has 3 unspecified atom stereocenters. The Bertz CT molecular complexity index is 1030. The maximum Gasteiger partial charge on any atom is 0.153 e. The minimum atomic E-state index is -3.02. The molecule has 2 heterocycles. The van der Waals surface area contributed by atoms with Crippen LogP contribution in [-0.4, -0.2) is 47.5 Å². The number of aromatic amines is 1. The molecule has 7 heteroatoms. The summed E-state index contributed by atoms with van der Waals surface area (Å²) in [4.78, 5) is 14.3. The zero-order valence-electron chi connectivity index (χ0n) is 20.1. The Morgan fingerprint density at radius 1 is 0.939 bits per heavy atom. The third kappa shape index (κ3) is 5.39. The lowest BCUT2D eigenvalue weighted by Crippen LogP contribution is -2.38. The number of aromatic nitrogens is 3. The fourth-order valence-corrected chi connectivity index (χ4v) is 8.85. The van der Waals surface area contributed by atoms with Gasteiger partial charge in [0, 0.05) is 19.3 Å². The molecule has 0 aliphatic heterocycles. The summed E-state index contributed by atoms with van der Waals surface area (Å²) in [6.45, 7) is 0. The normalized spacial score (nSPS) is 31.5. The van der Waals surface area contributed by atoms with E-state index in [1.54, 1.807) is 6.33 Å². The molecule has 3 saturated carbocycles. The molecule has 0 amide bonds. The van der Waals surface area contributed by atoms with Crippen LogP contribution < -0.4 is 4.90 Å². The summed E-state index contributed by atoms with van der Waals surface area (Å²) < 4.78 is 27.0. The van der Waals surface area contributed by atoms with E-state index in [2.05, 4.69) is 26.9 Å². The number of sulfone groups is 1. The van der Waals surface area contributed by atoms with Crippen molar-refractivity contribution in [3.05, 3.63) is 18.6 Å². The molecular formula is C26H40N4O2S. The Labute approximate surface area is 198 Å². The summed E-state index contributed by atoms with van der Waals surface area (Å²) in [6.07, 6.45) is 18.3. The molecule has 3 atom stereocenters. The van der Waals surface area contributed by atoms with Gasteiger partial charge in [0.05, 0.1) is 16.4 Å². The van der Waals surface area contributed by atoms with Crippen molar-refractivity contribution in [3.63, 3.8) is 0 Å². The number of hydrogen-bond acceptors (Lipinski definition) is 5. The fraction of sp³-hybridized carbons (Fsp3) is 0.769. The van der Waals surface area contributed by atoms with Crippen LogP contribution in [0.2, 0.25) is 0 Å². The third-order valence-electron chi connectivity index (χ3n) is 8.74. The molecule has 1 N–H and O–H groups in total. The van der Waals surface area contributed by atoms with Crippen LogP contribution in [0, 0.1) is 17.8 Å². The van der Waals surface area contributed by atoms with Gasteiger partial charge in [-0.05, 0) is 68.8 Å². The number of nitrogens with zero attached hydrogens (tertiary/aromatic N) is 3. The van der Waals surface area contributed by atoms with Gasteiger partial charge in [-0.1, -0.05) is 38.5 Å². The number of anilines is 1. The third-order valence-corrected chi connectivity index (χ3v) is 11.1. The minimum absolute atomic E-state index is 0.0890. The summed E-state index contributed by atoms with van der Waals surface area (Å²) in [5.41, 5.74) is 0.867. The average molecular weight is 473 g/mol. The molecule has 33 heavy (non-hydrogen) atoms. The second kappa shape index (κ2) is 9.93. The second-order valence-corrected chi connectivity index (χ2v) is 13.3. The lowest BCUT2D eigenvalue weighted by Gasteiger charge is -2.35. The van der Waals surface area contributed by atoms with E-state index in [0.717, 1.165) is 67.7 Å². The highest BCUT2D eigenvalue weighted by molar-refractivity contribution is 7.92. The number of hydrogen-bond donors (Lipinski definition) is 1. The Morgan fingerprint density at radius 3 is 2.52 bits per heavy atom. The highest BCUT2D eigenvalue weighted by Crippen LogP contribution is 2.47. The predicted molar refractivity (Wildman–Crippen MR) is 134 cm³/mol. The summed E-state index contributed by atoms with van der Waals surface area (Å²) >= 11 is 0. The fourth-order valence-electron chi connectivity index (χ4n) is 6.52. The van der Waals surface area contributed by atoms with Gasteiger partial charge in [0.25, 0.3) is 0 Å². The number of nitrogens with one attached hydrogen (secondary N) is 1. The standard InChI is InChI=1S/C26H40N4O2S/c1-30(26-24-13-14-27-25(24)28-18-29-26)22-11-9-19(10-12-22)17-33(31,32)23-8-6-4-2-3-5-7-20-15-21(20)16-23/h13-14,18-23H,2-12,15-17H2,1H3,(H,27,28,29). The van der Waals surface area contributed by atoms with Crippen LogP contribution in [0.3, 0.4) is 0 Å². The lowest BCUT2D eigenvalue weighted by atomic mass is 9.86. The Balaban J connectivity index is 1.18. The van der Waals surface area contributed by atoms with E-state index in [0.29, 0.717) is 23.6 Å². The van der Waals surface area contributed by atoms with Gasteiger partial charge in [0.2, 0.25) is 0 Å². The van der Waals surface area contributed by atoms with Crippen molar-refractivity contribution in [2.75, 3.05) is 17.7 Å². The van der Waals surface area contributed by atoms with E-state index < -0.39 is 9.84 Å². The molecular weight excluding hydrogens is 432 g/mol. The van der Waals surface area contributed by atoms with E-state index in [1.807, 2.05) is 12.3 Å². The van der Waals surface area contributed by atoms with E-state index in [-0.39, 0.29) is 5.25 Å². The molecule has 0 bridgehead atoms. The zero-order chi connectivity index (χ0) is 22.8. The maximum atomic E-state index is 13.5. The molecule has 2 aromatic heterocycles. The predicted octanol–water partition coefficient (Wildman–Crippen LogP) is 5.51. The van der Waals surface area contributed by atoms with E-state index in [1.165, 1.54) is 38.5 Å². The first kappa shape index (κ1) is 23.1. The van der Waals surface area contributed by atoms with Gasteiger partial charge < -0.3 is 9.88 Å². The average Bonchev–Trinajstić information content (AvgIpc) is 3.36. The number of H-pyrrole nitrogens is 1. The van der Waals surface area contributed by atoms with Crippen LogP contribution in [0.5, 0.6) is 0 Å². The molecule has 6 nitrogen and oxygen atoms in total. The van der Waals surface area contributed by atoms with Gasteiger partial charge in [0.1, 0.15) is 17.8 Å². The Morgan fingerprint density at radius 2 is 1.70 bits per heavy atom. The largest absolute Gasteiger partial charge is 0.356 e. The van der Waals surface area contributed by atoms with Crippen molar-refractivity contribution in [1.82, 2.24) is 15.0 Å². The van der Waals surface area contributed by atoms with Crippen LogP contribution in [0.4, 0.5) is 5.82 Å². The van der Waals surface area contributed by atoms with Crippen molar-refractivity contribution < 1.29 is 8.42 Å². The van der Waals surface area contributed by atoms with Gasteiger partial charge in [-0.25, -0.2) is 18.4 Å².